The number of carbonyl (C=O) groups is 2. The third-order valence-corrected chi connectivity index (χ3v) is 7.06. The van der Waals surface area contributed by atoms with Crippen LogP contribution in [0.25, 0.3) is 0 Å². The van der Waals surface area contributed by atoms with Gasteiger partial charge >= 0.3 is 11.7 Å². The molecule has 0 unspecified atom stereocenters. The van der Waals surface area contributed by atoms with Crippen LogP contribution in [0.2, 0.25) is 0 Å². The van der Waals surface area contributed by atoms with Crippen molar-refractivity contribution in [3.63, 3.8) is 0 Å². The van der Waals surface area contributed by atoms with Gasteiger partial charge in [0.05, 0.1) is 10.5 Å². The van der Waals surface area contributed by atoms with Gasteiger partial charge in [0.1, 0.15) is 6.61 Å². The van der Waals surface area contributed by atoms with Crippen LogP contribution >= 0.6 is 0 Å². The van der Waals surface area contributed by atoms with Crippen LogP contribution in [0.4, 0.5) is 5.69 Å². The molecule has 38 heavy (non-hydrogen) atoms. The van der Waals surface area contributed by atoms with Gasteiger partial charge in [0, 0.05) is 35.4 Å². The Hall–Kier alpha value is -4.72. The lowest BCUT2D eigenvalue weighted by atomic mass is 9.71. The predicted octanol–water partition coefficient (Wildman–Crippen LogP) is 5.41. The highest BCUT2D eigenvalue weighted by atomic mass is 16.6. The number of nitro groups is 1. The Kier molecular flexibility index (Phi) is 6.79. The number of nitro benzene ring substituents is 1. The molecule has 3 aromatic rings. The Morgan fingerprint density at radius 3 is 2.39 bits per heavy atom. The Balaban J connectivity index is 1.57. The van der Waals surface area contributed by atoms with E-state index >= 15 is 0 Å². The van der Waals surface area contributed by atoms with Crippen LogP contribution in [0, 0.1) is 10.1 Å². The smallest absolute Gasteiger partial charge is 0.337 e. The number of rotatable bonds is 6. The van der Waals surface area contributed by atoms with Crippen molar-refractivity contribution in [1.82, 2.24) is 5.32 Å². The SMILES string of the molecule is CC1=C(C(=O)OCc2ccccc2)[C@H](c2ccc(O)c([N+](=O)[O-])c2)C2=C(C[C@@H](c3ccccc3)CC2=O)N1. The molecule has 5 rings (SSSR count). The van der Waals surface area contributed by atoms with Gasteiger partial charge in [0.15, 0.2) is 11.5 Å². The van der Waals surface area contributed by atoms with Gasteiger partial charge in [-0.15, -0.1) is 0 Å². The van der Waals surface area contributed by atoms with Crippen molar-refractivity contribution in [3.05, 3.63) is 128 Å². The van der Waals surface area contributed by atoms with Gasteiger partial charge in [-0.25, -0.2) is 4.79 Å². The number of benzene rings is 3. The maximum Gasteiger partial charge on any atom is 0.337 e. The van der Waals surface area contributed by atoms with Crippen LogP contribution in [0.15, 0.2) is 101 Å². The second kappa shape index (κ2) is 10.3. The molecule has 1 aliphatic heterocycles. The lowest BCUT2D eigenvalue weighted by Crippen LogP contribution is -2.36. The Labute approximate surface area is 219 Å². The topological polar surface area (TPSA) is 119 Å². The third kappa shape index (κ3) is 4.80. The molecule has 0 aromatic heterocycles. The minimum absolute atomic E-state index is 0.0365. The summed E-state index contributed by atoms with van der Waals surface area (Å²) >= 11 is 0. The molecule has 8 nitrogen and oxygen atoms in total. The number of aromatic hydroxyl groups is 1. The summed E-state index contributed by atoms with van der Waals surface area (Å²) in [5, 5.41) is 24.9. The van der Waals surface area contributed by atoms with E-state index in [0.29, 0.717) is 29.0 Å². The first-order chi connectivity index (χ1) is 18.3. The monoisotopic (exact) mass is 510 g/mol. The van der Waals surface area contributed by atoms with E-state index in [0.717, 1.165) is 11.1 Å². The fourth-order valence-corrected chi connectivity index (χ4v) is 5.27. The fourth-order valence-electron chi connectivity index (χ4n) is 5.27. The number of phenols is 1. The number of esters is 1. The van der Waals surface area contributed by atoms with Crippen LogP contribution < -0.4 is 5.32 Å². The third-order valence-electron chi connectivity index (χ3n) is 7.06. The van der Waals surface area contributed by atoms with Crippen molar-refractivity contribution in [2.75, 3.05) is 0 Å². The molecular formula is C30H26N2O6. The van der Waals surface area contributed by atoms with E-state index in [1.54, 1.807) is 6.92 Å². The van der Waals surface area contributed by atoms with E-state index in [-0.39, 0.29) is 30.3 Å². The minimum atomic E-state index is -0.877. The average Bonchev–Trinajstić information content (AvgIpc) is 2.92. The van der Waals surface area contributed by atoms with E-state index in [4.69, 9.17) is 4.74 Å². The number of ether oxygens (including phenoxy) is 1. The minimum Gasteiger partial charge on any atom is -0.502 e. The number of dihydropyridines is 1. The van der Waals surface area contributed by atoms with Gasteiger partial charge in [0.25, 0.3) is 0 Å². The molecule has 1 heterocycles. The normalized spacial score (nSPS) is 19.0. The molecule has 3 aromatic carbocycles. The van der Waals surface area contributed by atoms with Crippen molar-refractivity contribution in [2.45, 2.75) is 38.2 Å². The average molecular weight is 511 g/mol. The highest BCUT2D eigenvalue weighted by Gasteiger charge is 2.42. The summed E-state index contributed by atoms with van der Waals surface area (Å²) in [7, 11) is 0. The second-order valence-electron chi connectivity index (χ2n) is 9.49. The molecule has 0 bridgehead atoms. The zero-order valence-electron chi connectivity index (χ0n) is 20.7. The van der Waals surface area contributed by atoms with Gasteiger partial charge < -0.3 is 15.2 Å². The van der Waals surface area contributed by atoms with Crippen LogP contribution in [0.5, 0.6) is 5.75 Å². The van der Waals surface area contributed by atoms with Crippen molar-refractivity contribution >= 4 is 17.4 Å². The number of carbonyl (C=O) groups excluding carboxylic acids is 2. The Morgan fingerprint density at radius 2 is 1.71 bits per heavy atom. The van der Waals surface area contributed by atoms with E-state index in [9.17, 15) is 24.8 Å². The van der Waals surface area contributed by atoms with Gasteiger partial charge in [-0.05, 0) is 42.0 Å². The number of phenolic OH excluding ortho intramolecular Hbond substituents is 1. The summed E-state index contributed by atoms with van der Waals surface area (Å²) in [6, 6.07) is 22.9. The Bertz CT molecular complexity index is 1480. The number of allylic oxidation sites excluding steroid dienone is 3. The maximum absolute atomic E-state index is 13.7. The molecule has 2 aliphatic rings. The molecule has 2 N–H and O–H groups in total. The van der Waals surface area contributed by atoms with E-state index in [1.807, 2.05) is 60.7 Å². The summed E-state index contributed by atoms with van der Waals surface area (Å²) in [5.41, 5.74) is 3.53. The fraction of sp³-hybridized carbons (Fsp3) is 0.200. The first-order valence-electron chi connectivity index (χ1n) is 12.3. The summed E-state index contributed by atoms with van der Waals surface area (Å²) < 4.78 is 5.64. The van der Waals surface area contributed by atoms with Crippen LogP contribution in [-0.2, 0) is 20.9 Å². The van der Waals surface area contributed by atoms with Gasteiger partial charge in [-0.3, -0.25) is 14.9 Å². The molecule has 0 saturated carbocycles. The van der Waals surface area contributed by atoms with Crippen molar-refractivity contribution in [3.8, 4) is 5.75 Å². The first kappa shape index (κ1) is 25.0. The molecule has 0 spiro atoms. The van der Waals surface area contributed by atoms with Crippen LogP contribution in [0.1, 0.15) is 48.3 Å². The predicted molar refractivity (Wildman–Crippen MR) is 140 cm³/mol. The second-order valence-corrected chi connectivity index (χ2v) is 9.49. The summed E-state index contributed by atoms with van der Waals surface area (Å²) in [4.78, 5) is 38.1. The molecule has 1 aliphatic carbocycles. The van der Waals surface area contributed by atoms with Crippen molar-refractivity contribution < 1.29 is 24.4 Å². The lowest BCUT2D eigenvalue weighted by Gasteiger charge is -2.36. The molecule has 0 amide bonds. The van der Waals surface area contributed by atoms with E-state index in [1.165, 1.54) is 18.2 Å². The van der Waals surface area contributed by atoms with Crippen LogP contribution in [-0.4, -0.2) is 21.8 Å². The highest BCUT2D eigenvalue weighted by molar-refractivity contribution is 6.04. The van der Waals surface area contributed by atoms with Crippen molar-refractivity contribution in [1.29, 1.82) is 0 Å². The zero-order chi connectivity index (χ0) is 26.8. The number of ketones is 1. The quantitative estimate of drug-likeness (QED) is 0.259. The summed E-state index contributed by atoms with van der Waals surface area (Å²) in [5.74, 6) is -2.17. The summed E-state index contributed by atoms with van der Waals surface area (Å²) in [6.07, 6.45) is 0.790. The van der Waals surface area contributed by atoms with Gasteiger partial charge in [-0.2, -0.15) is 0 Å². The number of hydrogen-bond acceptors (Lipinski definition) is 7. The molecule has 0 saturated heterocycles. The molecule has 0 fully saturated rings. The number of Topliss-reactive ketones (excluding diaryl/α,β-unsaturated/α-hetero) is 1. The molecule has 192 valence electrons. The summed E-state index contributed by atoms with van der Waals surface area (Å²) in [6.45, 7) is 1.77. The van der Waals surface area contributed by atoms with Crippen LogP contribution in [0.3, 0.4) is 0 Å². The standard InChI is InChI=1S/C30H26N2O6/c1-18-27(30(35)38-17-19-8-4-2-5-9-19)28(21-12-13-25(33)24(15-21)32(36)37)29-23(31-18)14-22(16-26(29)34)20-10-6-3-7-11-20/h2-13,15,22,28,31,33H,14,16-17H2,1H3/t22-,28+/m1/s1. The molecule has 8 heteroatoms. The zero-order valence-corrected chi connectivity index (χ0v) is 20.7. The van der Waals surface area contributed by atoms with E-state index in [2.05, 4.69) is 5.32 Å². The number of nitrogens with one attached hydrogen (secondary N) is 1. The lowest BCUT2D eigenvalue weighted by molar-refractivity contribution is -0.385. The van der Waals surface area contributed by atoms with Crippen molar-refractivity contribution in [2.24, 2.45) is 0 Å². The van der Waals surface area contributed by atoms with E-state index < -0.39 is 28.2 Å². The highest BCUT2D eigenvalue weighted by Crippen LogP contribution is 2.46. The van der Waals surface area contributed by atoms with Gasteiger partial charge in [-0.1, -0.05) is 66.7 Å². The molecule has 0 radical (unpaired) electrons. The molecule has 2 atom stereocenters. The Morgan fingerprint density at radius 1 is 1.03 bits per heavy atom. The van der Waals surface area contributed by atoms with Gasteiger partial charge in [0.2, 0.25) is 0 Å². The largest absolute Gasteiger partial charge is 0.502 e. The first-order valence-corrected chi connectivity index (χ1v) is 12.3. The number of nitrogens with zero attached hydrogens (tertiary/aromatic N) is 1. The maximum atomic E-state index is 13.7. The molecular weight excluding hydrogens is 484 g/mol. The number of hydrogen-bond donors (Lipinski definition) is 2.